The molecule has 0 amide bonds. The SMILES string of the molecule is CC(=O)c1ccc(-c2cc(C(=O)O)cc([N+](=O)[O-])c2)cc1. The molecule has 0 spiro atoms. The molecule has 0 aliphatic heterocycles. The van der Waals surface area contributed by atoms with Gasteiger partial charge in [0.1, 0.15) is 0 Å². The normalized spacial score (nSPS) is 10.1. The number of ketones is 1. The van der Waals surface area contributed by atoms with Crippen LogP contribution in [-0.2, 0) is 0 Å². The molecule has 0 aliphatic carbocycles. The molecule has 6 heteroatoms. The predicted molar refractivity (Wildman–Crippen MR) is 75.5 cm³/mol. The van der Waals surface area contributed by atoms with Crippen LogP contribution in [0.3, 0.4) is 0 Å². The number of benzene rings is 2. The topological polar surface area (TPSA) is 97.5 Å². The van der Waals surface area contributed by atoms with Gasteiger partial charge < -0.3 is 5.11 Å². The van der Waals surface area contributed by atoms with E-state index < -0.39 is 10.9 Å². The van der Waals surface area contributed by atoms with Gasteiger partial charge in [-0.2, -0.15) is 0 Å². The Kier molecular flexibility index (Phi) is 3.80. The lowest BCUT2D eigenvalue weighted by Crippen LogP contribution is -1.99. The molecule has 2 aromatic carbocycles. The molecular weight excluding hydrogens is 274 g/mol. The Morgan fingerprint density at radius 2 is 1.62 bits per heavy atom. The molecule has 106 valence electrons. The largest absolute Gasteiger partial charge is 0.478 e. The molecule has 0 aromatic heterocycles. The average molecular weight is 285 g/mol. The number of nitro groups is 1. The van der Waals surface area contributed by atoms with E-state index >= 15 is 0 Å². The second-order valence-corrected chi connectivity index (χ2v) is 4.46. The highest BCUT2D eigenvalue weighted by Crippen LogP contribution is 2.26. The first kappa shape index (κ1) is 14.4. The van der Waals surface area contributed by atoms with E-state index in [4.69, 9.17) is 5.11 Å². The molecule has 0 saturated heterocycles. The third-order valence-corrected chi connectivity index (χ3v) is 3.00. The molecule has 6 nitrogen and oxygen atoms in total. The van der Waals surface area contributed by atoms with E-state index in [0.29, 0.717) is 16.7 Å². The van der Waals surface area contributed by atoms with Gasteiger partial charge >= 0.3 is 5.97 Å². The molecular formula is C15H11NO5. The minimum Gasteiger partial charge on any atom is -0.478 e. The van der Waals surface area contributed by atoms with Crippen LogP contribution >= 0.6 is 0 Å². The number of rotatable bonds is 4. The number of aromatic carboxylic acids is 1. The van der Waals surface area contributed by atoms with Gasteiger partial charge in [-0.3, -0.25) is 14.9 Å². The van der Waals surface area contributed by atoms with Crippen molar-refractivity contribution in [2.24, 2.45) is 0 Å². The Morgan fingerprint density at radius 3 is 2.10 bits per heavy atom. The maximum atomic E-state index is 11.2. The summed E-state index contributed by atoms with van der Waals surface area (Å²) >= 11 is 0. The number of nitro benzene ring substituents is 1. The van der Waals surface area contributed by atoms with Crippen molar-refractivity contribution in [1.29, 1.82) is 0 Å². The standard InChI is InChI=1S/C15H11NO5/c1-9(17)10-2-4-11(5-3-10)12-6-13(15(18)19)8-14(7-12)16(20)21/h2-8H,1H3,(H,18,19). The summed E-state index contributed by atoms with van der Waals surface area (Å²) in [6.45, 7) is 1.44. The number of carboxylic acid groups (broad SMARTS) is 1. The van der Waals surface area contributed by atoms with Gasteiger partial charge in [0, 0.05) is 17.7 Å². The van der Waals surface area contributed by atoms with Crippen LogP contribution in [0, 0.1) is 10.1 Å². The molecule has 0 saturated carbocycles. The maximum Gasteiger partial charge on any atom is 0.335 e. The average Bonchev–Trinajstić information content (AvgIpc) is 2.46. The molecule has 0 heterocycles. The van der Waals surface area contributed by atoms with Crippen LogP contribution in [0.5, 0.6) is 0 Å². The fraction of sp³-hybridized carbons (Fsp3) is 0.0667. The van der Waals surface area contributed by atoms with E-state index in [1.165, 1.54) is 19.1 Å². The fourth-order valence-corrected chi connectivity index (χ4v) is 1.90. The first-order chi connectivity index (χ1) is 9.88. The van der Waals surface area contributed by atoms with Crippen molar-refractivity contribution < 1.29 is 19.6 Å². The Bertz CT molecular complexity index is 702. The molecule has 0 unspecified atom stereocenters. The molecule has 21 heavy (non-hydrogen) atoms. The Hall–Kier alpha value is -3.02. The maximum absolute atomic E-state index is 11.2. The summed E-state index contributed by atoms with van der Waals surface area (Å²) < 4.78 is 0. The van der Waals surface area contributed by atoms with Crippen molar-refractivity contribution in [2.75, 3.05) is 0 Å². The zero-order valence-corrected chi connectivity index (χ0v) is 11.1. The van der Waals surface area contributed by atoms with Crippen molar-refractivity contribution in [3.05, 3.63) is 63.7 Å². The number of carbonyl (C=O) groups excluding carboxylic acids is 1. The van der Waals surface area contributed by atoms with E-state index in [1.54, 1.807) is 24.3 Å². The number of non-ortho nitro benzene ring substituents is 1. The van der Waals surface area contributed by atoms with E-state index in [-0.39, 0.29) is 17.0 Å². The lowest BCUT2D eigenvalue weighted by molar-refractivity contribution is -0.384. The summed E-state index contributed by atoms with van der Waals surface area (Å²) in [6, 6.07) is 10.1. The molecule has 0 radical (unpaired) electrons. The van der Waals surface area contributed by atoms with E-state index in [2.05, 4.69) is 0 Å². The van der Waals surface area contributed by atoms with Crippen LogP contribution in [0.15, 0.2) is 42.5 Å². The number of carboxylic acids is 1. The van der Waals surface area contributed by atoms with Crippen molar-refractivity contribution in [3.8, 4) is 11.1 Å². The number of hydrogen-bond acceptors (Lipinski definition) is 4. The van der Waals surface area contributed by atoms with Crippen LogP contribution in [0.25, 0.3) is 11.1 Å². The third-order valence-electron chi connectivity index (χ3n) is 3.00. The second kappa shape index (κ2) is 5.54. The number of nitrogens with zero attached hydrogens (tertiary/aromatic N) is 1. The molecule has 0 bridgehead atoms. The third kappa shape index (κ3) is 3.11. The molecule has 1 N–H and O–H groups in total. The van der Waals surface area contributed by atoms with Gasteiger partial charge in [0.05, 0.1) is 10.5 Å². The summed E-state index contributed by atoms with van der Waals surface area (Å²) in [7, 11) is 0. The summed E-state index contributed by atoms with van der Waals surface area (Å²) in [5.74, 6) is -1.33. The van der Waals surface area contributed by atoms with Gasteiger partial charge in [-0.15, -0.1) is 0 Å². The van der Waals surface area contributed by atoms with Gasteiger partial charge in [-0.1, -0.05) is 24.3 Å². The highest BCUT2D eigenvalue weighted by molar-refractivity contribution is 5.95. The molecule has 0 aliphatic rings. The smallest absolute Gasteiger partial charge is 0.335 e. The monoisotopic (exact) mass is 285 g/mol. The van der Waals surface area contributed by atoms with E-state index in [1.807, 2.05) is 0 Å². The van der Waals surface area contributed by atoms with Crippen molar-refractivity contribution in [1.82, 2.24) is 0 Å². The Labute approximate surface area is 119 Å². The van der Waals surface area contributed by atoms with Gasteiger partial charge in [0.25, 0.3) is 5.69 Å². The highest BCUT2D eigenvalue weighted by atomic mass is 16.6. The minimum absolute atomic E-state index is 0.0909. The van der Waals surface area contributed by atoms with Gasteiger partial charge in [0.15, 0.2) is 5.78 Å². The summed E-state index contributed by atoms with van der Waals surface area (Å²) in [5.41, 5.74) is 1.08. The fourth-order valence-electron chi connectivity index (χ4n) is 1.90. The van der Waals surface area contributed by atoms with Crippen LogP contribution in [0.4, 0.5) is 5.69 Å². The number of Topliss-reactive ketones (excluding diaryl/α,β-unsaturated/α-hetero) is 1. The van der Waals surface area contributed by atoms with Crippen LogP contribution < -0.4 is 0 Å². The summed E-state index contributed by atoms with van der Waals surface area (Å²) in [5, 5.41) is 19.9. The zero-order valence-electron chi connectivity index (χ0n) is 11.1. The quantitative estimate of drug-likeness (QED) is 0.528. The minimum atomic E-state index is -1.24. The molecule has 0 fully saturated rings. The molecule has 2 rings (SSSR count). The predicted octanol–water partition coefficient (Wildman–Crippen LogP) is 3.16. The van der Waals surface area contributed by atoms with Gasteiger partial charge in [0.2, 0.25) is 0 Å². The van der Waals surface area contributed by atoms with Crippen LogP contribution in [0.1, 0.15) is 27.6 Å². The number of carbonyl (C=O) groups is 2. The van der Waals surface area contributed by atoms with Crippen molar-refractivity contribution in [2.45, 2.75) is 6.92 Å². The van der Waals surface area contributed by atoms with E-state index in [9.17, 15) is 19.7 Å². The summed E-state index contributed by atoms with van der Waals surface area (Å²) in [4.78, 5) is 32.5. The molecule has 2 aromatic rings. The van der Waals surface area contributed by atoms with Gasteiger partial charge in [-0.05, 0) is 24.1 Å². The van der Waals surface area contributed by atoms with Crippen LogP contribution in [-0.4, -0.2) is 21.8 Å². The van der Waals surface area contributed by atoms with Crippen molar-refractivity contribution >= 4 is 17.4 Å². The second-order valence-electron chi connectivity index (χ2n) is 4.46. The van der Waals surface area contributed by atoms with Crippen molar-refractivity contribution in [3.63, 3.8) is 0 Å². The number of hydrogen-bond donors (Lipinski definition) is 1. The summed E-state index contributed by atoms with van der Waals surface area (Å²) in [6.07, 6.45) is 0. The first-order valence-corrected chi connectivity index (χ1v) is 6.02. The Balaban J connectivity index is 2.54. The van der Waals surface area contributed by atoms with Gasteiger partial charge in [-0.25, -0.2) is 4.79 Å². The lowest BCUT2D eigenvalue weighted by atomic mass is 10.00. The van der Waals surface area contributed by atoms with E-state index in [0.717, 1.165) is 6.07 Å². The lowest BCUT2D eigenvalue weighted by Gasteiger charge is -2.05. The molecule has 0 atom stereocenters. The highest BCUT2D eigenvalue weighted by Gasteiger charge is 2.14. The Morgan fingerprint density at radius 1 is 1.00 bits per heavy atom. The first-order valence-electron chi connectivity index (χ1n) is 6.02. The van der Waals surface area contributed by atoms with Crippen LogP contribution in [0.2, 0.25) is 0 Å². The zero-order chi connectivity index (χ0) is 15.6.